The minimum absolute atomic E-state index is 0.101. The van der Waals surface area contributed by atoms with Crippen LogP contribution in [0.4, 0.5) is 0 Å². The number of hydrogen-bond acceptors (Lipinski definition) is 3. The minimum atomic E-state index is -0.464. The molecule has 0 aliphatic carbocycles. The van der Waals surface area contributed by atoms with Gasteiger partial charge in [-0.1, -0.05) is 280 Å². The van der Waals surface area contributed by atoms with Crippen LogP contribution in [0.2, 0.25) is 0 Å². The van der Waals surface area contributed by atoms with Gasteiger partial charge in [0.05, 0.1) is 13.2 Å². The topological polar surface area (TPSA) is 34.3 Å². The van der Waals surface area contributed by atoms with Gasteiger partial charge in [0.15, 0.2) is 0 Å². The number of unbranched alkanes of at least 4 members (excludes halogenated alkanes) is 30. The molecule has 0 aromatic heterocycles. The van der Waals surface area contributed by atoms with Gasteiger partial charge in [-0.05, 0) is 24.0 Å². The number of ether oxygens (including phenoxy) is 3. The van der Waals surface area contributed by atoms with E-state index in [0.29, 0.717) is 0 Å². The number of hydrogen-bond donors (Lipinski definition) is 0. The van der Waals surface area contributed by atoms with Crippen LogP contribution in [0, 0.1) is 0 Å². The lowest BCUT2D eigenvalue weighted by Crippen LogP contribution is -2.48. The summed E-state index contributed by atoms with van der Waals surface area (Å²) in [6.07, 6.45) is 46.6. The van der Waals surface area contributed by atoms with Crippen LogP contribution >= 0.6 is 0 Å². The monoisotopic (exact) mass is 787 g/mol. The maximum Gasteiger partial charge on any atom is 0.123 e. The predicted octanol–water partition coefficient (Wildman–Crippen LogP) is 16.9. The van der Waals surface area contributed by atoms with Gasteiger partial charge in [0.2, 0.25) is 0 Å². The number of benzene rings is 2. The van der Waals surface area contributed by atoms with E-state index in [1.165, 1.54) is 217 Å². The van der Waals surface area contributed by atoms with Gasteiger partial charge in [0.1, 0.15) is 23.4 Å². The minimum Gasteiger partial charge on any atom is -0.370 e. The SMILES string of the molecule is CCCCCCCCCCCCCCCCCCC(OC(CCCCCCCCCCCCCCCCCC)(c1ccccc1)C1CO1)(c1ccccc1)C1CO1. The average Bonchev–Trinajstić information content (AvgIpc) is 4.18. The van der Waals surface area contributed by atoms with E-state index in [0.717, 1.165) is 26.1 Å². The molecule has 2 aliphatic heterocycles. The largest absolute Gasteiger partial charge is 0.370 e. The summed E-state index contributed by atoms with van der Waals surface area (Å²) in [5, 5.41) is 0. The Morgan fingerprint density at radius 1 is 0.368 bits per heavy atom. The highest BCUT2D eigenvalue weighted by atomic mass is 16.6. The Balaban J connectivity index is 1.22. The molecule has 2 aromatic carbocycles. The van der Waals surface area contributed by atoms with E-state index in [-0.39, 0.29) is 12.2 Å². The summed E-state index contributed by atoms with van der Waals surface area (Å²) in [4.78, 5) is 0. The van der Waals surface area contributed by atoms with Crippen LogP contribution in [0.15, 0.2) is 60.7 Å². The van der Waals surface area contributed by atoms with Crippen LogP contribution in [0.3, 0.4) is 0 Å². The molecule has 0 radical (unpaired) electrons. The summed E-state index contributed by atoms with van der Waals surface area (Å²) in [7, 11) is 0. The van der Waals surface area contributed by atoms with Gasteiger partial charge >= 0.3 is 0 Å². The van der Waals surface area contributed by atoms with E-state index in [2.05, 4.69) is 74.5 Å². The molecule has 0 saturated carbocycles. The molecule has 4 unspecified atom stereocenters. The molecule has 0 bridgehead atoms. The van der Waals surface area contributed by atoms with Crippen molar-refractivity contribution < 1.29 is 14.2 Å². The summed E-state index contributed by atoms with van der Waals surface area (Å²) >= 11 is 0. The first-order chi connectivity index (χ1) is 28.2. The summed E-state index contributed by atoms with van der Waals surface area (Å²) in [6.45, 7) is 6.17. The van der Waals surface area contributed by atoms with E-state index in [1.807, 2.05) is 0 Å². The van der Waals surface area contributed by atoms with Gasteiger partial charge in [-0.25, -0.2) is 0 Å². The van der Waals surface area contributed by atoms with Gasteiger partial charge in [-0.2, -0.15) is 0 Å². The number of epoxide rings is 2. The van der Waals surface area contributed by atoms with Gasteiger partial charge in [0.25, 0.3) is 0 Å². The molecule has 2 fully saturated rings. The molecule has 0 spiro atoms. The van der Waals surface area contributed by atoms with Gasteiger partial charge in [0, 0.05) is 0 Å². The molecule has 4 rings (SSSR count). The van der Waals surface area contributed by atoms with Crippen molar-refractivity contribution in [1.82, 2.24) is 0 Å². The molecule has 4 atom stereocenters. The zero-order chi connectivity index (χ0) is 40.0. The summed E-state index contributed by atoms with van der Waals surface area (Å²) in [6, 6.07) is 22.2. The zero-order valence-electron chi connectivity index (χ0n) is 37.6. The van der Waals surface area contributed by atoms with Crippen LogP contribution in [-0.4, -0.2) is 25.4 Å². The third-order valence-corrected chi connectivity index (χ3v) is 13.4. The second-order valence-corrected chi connectivity index (χ2v) is 18.4. The second-order valence-electron chi connectivity index (χ2n) is 18.4. The Hall–Kier alpha value is -1.68. The average molecular weight is 787 g/mol. The lowest BCUT2D eigenvalue weighted by Gasteiger charge is -2.44. The highest BCUT2D eigenvalue weighted by Crippen LogP contribution is 2.52. The van der Waals surface area contributed by atoms with Crippen LogP contribution in [0.5, 0.6) is 0 Å². The normalized spacial score (nSPS) is 18.4. The van der Waals surface area contributed by atoms with Crippen molar-refractivity contribution in [2.45, 2.75) is 256 Å². The van der Waals surface area contributed by atoms with Gasteiger partial charge in [-0.3, -0.25) is 0 Å². The highest BCUT2D eigenvalue weighted by molar-refractivity contribution is 5.31. The molecule has 3 heteroatoms. The van der Waals surface area contributed by atoms with Gasteiger partial charge in [-0.15, -0.1) is 0 Å². The smallest absolute Gasteiger partial charge is 0.123 e. The van der Waals surface area contributed by atoms with Crippen molar-refractivity contribution in [3.05, 3.63) is 71.8 Å². The van der Waals surface area contributed by atoms with E-state index in [9.17, 15) is 0 Å². The molecule has 2 aromatic rings. The summed E-state index contributed by atoms with van der Waals surface area (Å²) < 4.78 is 20.4. The fourth-order valence-corrected chi connectivity index (χ4v) is 9.61. The Kier molecular flexibility index (Phi) is 25.6. The van der Waals surface area contributed by atoms with Crippen LogP contribution in [-0.2, 0) is 25.4 Å². The van der Waals surface area contributed by atoms with Gasteiger partial charge < -0.3 is 14.2 Å². The van der Waals surface area contributed by atoms with Crippen molar-refractivity contribution in [1.29, 1.82) is 0 Å². The maximum atomic E-state index is 7.84. The molecule has 57 heavy (non-hydrogen) atoms. The third-order valence-electron chi connectivity index (χ3n) is 13.4. The lowest BCUT2D eigenvalue weighted by molar-refractivity contribution is -0.197. The van der Waals surface area contributed by atoms with E-state index >= 15 is 0 Å². The van der Waals surface area contributed by atoms with Crippen molar-refractivity contribution in [3.8, 4) is 0 Å². The predicted molar refractivity (Wildman–Crippen MR) is 245 cm³/mol. The lowest BCUT2D eigenvalue weighted by atomic mass is 9.80. The molecular formula is C54H90O3. The Morgan fingerprint density at radius 3 is 0.825 bits per heavy atom. The molecule has 2 heterocycles. The Morgan fingerprint density at radius 2 is 0.596 bits per heavy atom. The van der Waals surface area contributed by atoms with Crippen molar-refractivity contribution in [2.24, 2.45) is 0 Å². The molecule has 324 valence electrons. The van der Waals surface area contributed by atoms with E-state index < -0.39 is 11.2 Å². The molecular weight excluding hydrogens is 697 g/mol. The van der Waals surface area contributed by atoms with Crippen LogP contribution in [0.1, 0.15) is 243 Å². The zero-order valence-corrected chi connectivity index (χ0v) is 37.6. The first-order valence-corrected chi connectivity index (χ1v) is 25.3. The maximum absolute atomic E-state index is 7.84. The van der Waals surface area contributed by atoms with Crippen molar-refractivity contribution in [2.75, 3.05) is 13.2 Å². The molecule has 3 nitrogen and oxygen atoms in total. The second kappa shape index (κ2) is 30.4. The van der Waals surface area contributed by atoms with Crippen molar-refractivity contribution in [3.63, 3.8) is 0 Å². The quantitative estimate of drug-likeness (QED) is 0.0498. The molecule has 0 N–H and O–H groups in total. The molecule has 2 saturated heterocycles. The highest BCUT2D eigenvalue weighted by Gasteiger charge is 2.58. The fraction of sp³-hybridized carbons (Fsp3) is 0.778. The third kappa shape index (κ3) is 19.1. The number of rotatable bonds is 40. The van der Waals surface area contributed by atoms with Crippen LogP contribution < -0.4 is 0 Å². The van der Waals surface area contributed by atoms with Crippen molar-refractivity contribution >= 4 is 0 Å². The molecule has 2 aliphatic rings. The standard InChI is InChI=1S/C54H90O3/c1-3-5-7-9-11-13-15-17-19-21-23-25-27-29-31-39-45-53(51-47-55-51,49-41-35-33-36-42-49)57-54(52-48-56-52,50-43-37-34-38-44-50)46-40-32-30-28-26-24-22-20-18-16-14-12-10-8-6-4-2/h33-38,41-44,51-52H,3-32,39-40,45-48H2,1-2H3. The molecule has 0 amide bonds. The van der Waals surface area contributed by atoms with Crippen LogP contribution in [0.25, 0.3) is 0 Å². The fourth-order valence-electron chi connectivity index (χ4n) is 9.61. The van der Waals surface area contributed by atoms with E-state index in [1.54, 1.807) is 0 Å². The first-order valence-electron chi connectivity index (χ1n) is 25.3. The summed E-state index contributed by atoms with van der Waals surface area (Å²) in [5.41, 5.74) is 1.63. The Bertz CT molecular complexity index is 1100. The first kappa shape index (κ1) is 48.0. The Labute approximate surface area is 353 Å². The van der Waals surface area contributed by atoms with E-state index in [4.69, 9.17) is 14.2 Å². The summed E-state index contributed by atoms with van der Waals surface area (Å²) in [5.74, 6) is 0.